The van der Waals surface area contributed by atoms with Gasteiger partial charge >= 0.3 is 0 Å². The third kappa shape index (κ3) is 2.08. The molecule has 2 heteroatoms. The summed E-state index contributed by atoms with van der Waals surface area (Å²) in [6.07, 6.45) is 0. The van der Waals surface area contributed by atoms with Gasteiger partial charge in [0.1, 0.15) is 0 Å². The van der Waals surface area contributed by atoms with Crippen LogP contribution in [-0.2, 0) is 0 Å². The molecule has 0 fully saturated rings. The fourth-order valence-corrected chi connectivity index (χ4v) is 0.818. The van der Waals surface area contributed by atoms with Gasteiger partial charge in [0.2, 0.25) is 0 Å². The molecule has 60 valence electrons. The van der Waals surface area contributed by atoms with E-state index < -0.39 is 0 Å². The Kier molecular flexibility index (Phi) is 3.31. The van der Waals surface area contributed by atoms with Crippen LogP contribution in [0.3, 0.4) is 0 Å². The van der Waals surface area contributed by atoms with Crippen LogP contribution in [0.15, 0.2) is 24.3 Å². The van der Waals surface area contributed by atoms with Gasteiger partial charge in [-0.15, -0.1) is 0 Å². The van der Waals surface area contributed by atoms with Crippen molar-refractivity contribution in [3.05, 3.63) is 29.8 Å². The average Bonchev–Trinajstić information content (AvgIpc) is 1.88. The summed E-state index contributed by atoms with van der Waals surface area (Å²) < 4.78 is 0. The summed E-state index contributed by atoms with van der Waals surface area (Å²) >= 11 is 0. The van der Waals surface area contributed by atoms with Gasteiger partial charge in [0, 0.05) is 11.3 Å². The third-order valence-corrected chi connectivity index (χ3v) is 1.34. The number of anilines is 1. The largest absolute Gasteiger partial charge is 0.398 e. The lowest BCUT2D eigenvalue weighted by Gasteiger charge is -1.97. The van der Waals surface area contributed by atoms with Crippen molar-refractivity contribution in [2.45, 2.75) is 14.4 Å². The highest BCUT2D eigenvalue weighted by molar-refractivity contribution is 5.98. The van der Waals surface area contributed by atoms with Gasteiger partial charge in [0.25, 0.3) is 0 Å². The number of rotatable bonds is 1. The van der Waals surface area contributed by atoms with E-state index in [0.29, 0.717) is 11.3 Å². The highest BCUT2D eigenvalue weighted by atomic mass is 16.1. The quantitative estimate of drug-likeness (QED) is 0.493. The number of Topliss-reactive ketones (excluding diaryl/α,β-unsaturated/α-hetero) is 1. The Bertz CT molecular complexity index is 255. The van der Waals surface area contributed by atoms with E-state index in [9.17, 15) is 4.79 Å². The summed E-state index contributed by atoms with van der Waals surface area (Å²) in [6.45, 7) is 1.51. The van der Waals surface area contributed by atoms with Gasteiger partial charge < -0.3 is 5.73 Å². The number of benzene rings is 1. The third-order valence-electron chi connectivity index (χ3n) is 1.34. The summed E-state index contributed by atoms with van der Waals surface area (Å²) in [5, 5.41) is 0. The fraction of sp³-hybridized carbons (Fsp3) is 0.222. The minimum atomic E-state index is 0. The molecule has 0 aliphatic rings. The number of para-hydroxylation sites is 1. The van der Waals surface area contributed by atoms with Gasteiger partial charge in [-0.2, -0.15) is 0 Å². The van der Waals surface area contributed by atoms with E-state index in [1.54, 1.807) is 18.2 Å². The number of nitrogens with two attached hydrogens (primary N) is 1. The second kappa shape index (κ2) is 3.76. The molecule has 0 aliphatic carbocycles. The Morgan fingerprint density at radius 3 is 2.27 bits per heavy atom. The van der Waals surface area contributed by atoms with Crippen LogP contribution in [0.2, 0.25) is 0 Å². The molecular weight excluding hydrogens is 138 g/mol. The zero-order valence-electron chi connectivity index (χ0n) is 5.79. The Morgan fingerprint density at radius 1 is 1.36 bits per heavy atom. The van der Waals surface area contributed by atoms with Crippen molar-refractivity contribution in [2.24, 2.45) is 0 Å². The van der Waals surface area contributed by atoms with Crippen LogP contribution in [0.1, 0.15) is 24.7 Å². The first-order valence-electron chi connectivity index (χ1n) is 3.07. The summed E-state index contributed by atoms with van der Waals surface area (Å²) in [4.78, 5) is 10.8. The van der Waals surface area contributed by atoms with Crippen molar-refractivity contribution in [2.75, 3.05) is 5.73 Å². The van der Waals surface area contributed by atoms with E-state index in [-0.39, 0.29) is 13.2 Å². The highest BCUT2D eigenvalue weighted by Crippen LogP contribution is 2.09. The molecule has 0 spiro atoms. The molecule has 1 rings (SSSR count). The van der Waals surface area contributed by atoms with Crippen molar-refractivity contribution >= 4 is 11.5 Å². The van der Waals surface area contributed by atoms with Crippen LogP contribution in [0, 0.1) is 0 Å². The zero-order chi connectivity index (χ0) is 7.56. The van der Waals surface area contributed by atoms with Crippen molar-refractivity contribution in [1.29, 1.82) is 0 Å². The summed E-state index contributed by atoms with van der Waals surface area (Å²) in [7, 11) is 0. The molecule has 0 radical (unpaired) electrons. The molecule has 2 N–H and O–H groups in total. The van der Waals surface area contributed by atoms with E-state index in [2.05, 4.69) is 0 Å². The second-order valence-electron chi connectivity index (χ2n) is 2.14. The molecule has 0 unspecified atom stereocenters. The molecule has 0 saturated heterocycles. The maximum atomic E-state index is 10.8. The van der Waals surface area contributed by atoms with Gasteiger partial charge in [-0.25, -0.2) is 0 Å². The SMILES string of the molecule is C.CC(=O)c1ccccc1N. The number of hydrogen-bond acceptors (Lipinski definition) is 2. The van der Waals surface area contributed by atoms with E-state index in [1.807, 2.05) is 6.07 Å². The minimum absolute atomic E-state index is 0. The van der Waals surface area contributed by atoms with Crippen molar-refractivity contribution in [3.63, 3.8) is 0 Å². The molecule has 0 amide bonds. The van der Waals surface area contributed by atoms with Crippen LogP contribution in [0.4, 0.5) is 5.69 Å². The van der Waals surface area contributed by atoms with E-state index >= 15 is 0 Å². The molecule has 0 bridgehead atoms. The molecule has 0 heterocycles. The standard InChI is InChI=1S/C8H9NO.CH4/c1-6(10)7-4-2-3-5-8(7)9;/h2-5H,9H2,1H3;1H4. The lowest BCUT2D eigenvalue weighted by atomic mass is 10.1. The van der Waals surface area contributed by atoms with E-state index in [1.165, 1.54) is 6.92 Å². The average molecular weight is 151 g/mol. The number of hydrogen-bond donors (Lipinski definition) is 1. The lowest BCUT2D eigenvalue weighted by molar-refractivity contribution is 0.101. The Hall–Kier alpha value is -1.31. The van der Waals surface area contributed by atoms with Crippen LogP contribution in [0.25, 0.3) is 0 Å². The topological polar surface area (TPSA) is 43.1 Å². The van der Waals surface area contributed by atoms with Crippen molar-refractivity contribution in [3.8, 4) is 0 Å². The minimum Gasteiger partial charge on any atom is -0.398 e. The van der Waals surface area contributed by atoms with Gasteiger partial charge in [0.15, 0.2) is 5.78 Å². The number of carbonyl (C=O) groups excluding carboxylic acids is 1. The number of ketones is 1. The van der Waals surface area contributed by atoms with Crippen LogP contribution >= 0.6 is 0 Å². The van der Waals surface area contributed by atoms with Gasteiger partial charge in [-0.1, -0.05) is 19.6 Å². The first kappa shape index (κ1) is 9.69. The zero-order valence-corrected chi connectivity index (χ0v) is 5.79. The maximum absolute atomic E-state index is 10.8. The van der Waals surface area contributed by atoms with Gasteiger partial charge in [-0.3, -0.25) is 4.79 Å². The normalized spacial score (nSPS) is 8.45. The molecule has 0 aromatic heterocycles. The van der Waals surface area contributed by atoms with Crippen molar-refractivity contribution < 1.29 is 4.79 Å². The van der Waals surface area contributed by atoms with Crippen molar-refractivity contribution in [1.82, 2.24) is 0 Å². The maximum Gasteiger partial charge on any atom is 0.161 e. The molecule has 0 saturated carbocycles. The highest BCUT2D eigenvalue weighted by Gasteiger charge is 2.00. The molecule has 2 nitrogen and oxygen atoms in total. The predicted molar refractivity (Wildman–Crippen MR) is 47.6 cm³/mol. The summed E-state index contributed by atoms with van der Waals surface area (Å²) in [5.74, 6) is 0.0121. The molecule has 0 atom stereocenters. The van der Waals surface area contributed by atoms with Crippen LogP contribution in [-0.4, -0.2) is 5.78 Å². The number of carbonyl (C=O) groups is 1. The summed E-state index contributed by atoms with van der Waals surface area (Å²) in [6, 6.07) is 7.04. The first-order valence-corrected chi connectivity index (χ1v) is 3.07. The molecule has 11 heavy (non-hydrogen) atoms. The lowest BCUT2D eigenvalue weighted by Crippen LogP contribution is -1.97. The molecular formula is C9H13NO. The van der Waals surface area contributed by atoms with Gasteiger partial charge in [0.05, 0.1) is 0 Å². The van der Waals surface area contributed by atoms with E-state index in [0.717, 1.165) is 0 Å². The Labute approximate surface area is 67.0 Å². The smallest absolute Gasteiger partial charge is 0.161 e. The van der Waals surface area contributed by atoms with Gasteiger partial charge in [-0.05, 0) is 19.1 Å². The number of nitrogen functional groups attached to an aromatic ring is 1. The van der Waals surface area contributed by atoms with Crippen LogP contribution in [0.5, 0.6) is 0 Å². The second-order valence-corrected chi connectivity index (χ2v) is 2.14. The first-order chi connectivity index (χ1) is 4.72. The Balaban J connectivity index is 0.000001000. The predicted octanol–water partition coefficient (Wildman–Crippen LogP) is 2.11. The molecule has 0 aliphatic heterocycles. The molecule has 1 aromatic carbocycles. The Morgan fingerprint density at radius 2 is 1.91 bits per heavy atom. The monoisotopic (exact) mass is 151 g/mol. The summed E-state index contributed by atoms with van der Waals surface area (Å²) in [5.41, 5.74) is 6.65. The fourth-order valence-electron chi connectivity index (χ4n) is 0.818. The van der Waals surface area contributed by atoms with E-state index in [4.69, 9.17) is 5.73 Å². The van der Waals surface area contributed by atoms with Crippen LogP contribution < -0.4 is 5.73 Å². The molecule has 1 aromatic rings.